The van der Waals surface area contributed by atoms with E-state index in [0.717, 1.165) is 71.4 Å². The first kappa shape index (κ1) is 28.9. The number of fused-ring (bicyclic) bond motifs is 2. The number of nitrogens with one attached hydrogen (secondary N) is 2. The molecule has 9 rings (SSSR count). The Hall–Kier alpha value is -5.24. The molecule has 3 aromatic carbocycles. The summed E-state index contributed by atoms with van der Waals surface area (Å²) >= 11 is 0. The van der Waals surface area contributed by atoms with Gasteiger partial charge in [-0.1, -0.05) is 61.4 Å². The molecule has 8 nitrogen and oxygen atoms in total. The zero-order chi connectivity index (χ0) is 30.1. The molecular formula is C36H36N6O2+2. The number of carbonyl (C=O) groups excluding carboxylic acids is 2. The zero-order valence-electron chi connectivity index (χ0n) is 24.7. The minimum Gasteiger partial charge on any atom is -0.273 e. The Morgan fingerprint density at radius 3 is 1.45 bits per heavy atom. The summed E-state index contributed by atoms with van der Waals surface area (Å²) in [4.78, 5) is 24.6. The number of nitrogens with zero attached hydrogens (tertiary/aromatic N) is 4. The average molecular weight is 585 g/mol. The molecule has 8 heteroatoms. The van der Waals surface area contributed by atoms with Crippen LogP contribution in [0.4, 0.5) is 0 Å². The van der Waals surface area contributed by atoms with Gasteiger partial charge in [-0.3, -0.25) is 9.59 Å². The minimum absolute atomic E-state index is 0.111. The van der Waals surface area contributed by atoms with Crippen molar-refractivity contribution in [2.24, 2.45) is 10.2 Å². The third-order valence-corrected chi connectivity index (χ3v) is 7.92. The van der Waals surface area contributed by atoms with Crippen molar-refractivity contribution in [2.45, 2.75) is 51.6 Å². The molecule has 2 N–H and O–H groups in total. The van der Waals surface area contributed by atoms with Gasteiger partial charge in [-0.25, -0.2) is 20.0 Å². The van der Waals surface area contributed by atoms with Gasteiger partial charge < -0.3 is 0 Å². The van der Waals surface area contributed by atoms with Crippen LogP contribution in [0.25, 0.3) is 21.5 Å². The maximum atomic E-state index is 12.3. The van der Waals surface area contributed by atoms with E-state index in [2.05, 4.69) is 104 Å². The predicted octanol–water partition coefficient (Wildman–Crippen LogP) is 4.92. The van der Waals surface area contributed by atoms with Crippen LogP contribution in [0.5, 0.6) is 0 Å². The monoisotopic (exact) mass is 584 g/mol. The van der Waals surface area contributed by atoms with Crippen LogP contribution in [-0.4, -0.2) is 24.2 Å². The highest BCUT2D eigenvalue weighted by Gasteiger charge is 2.11. The van der Waals surface area contributed by atoms with E-state index in [-0.39, 0.29) is 11.8 Å². The second-order valence-corrected chi connectivity index (χ2v) is 11.3. The number of benzene rings is 3. The summed E-state index contributed by atoms with van der Waals surface area (Å²) in [5.74, 6) is -0.222. The maximum Gasteiger partial charge on any atom is 0.240 e. The third-order valence-electron chi connectivity index (χ3n) is 7.92. The minimum atomic E-state index is -0.111. The van der Waals surface area contributed by atoms with Gasteiger partial charge in [0.1, 0.15) is 0 Å². The quantitative estimate of drug-likeness (QED) is 0.253. The maximum absolute atomic E-state index is 12.3. The van der Waals surface area contributed by atoms with E-state index in [0.29, 0.717) is 12.8 Å². The average Bonchev–Trinajstić information content (AvgIpc) is 3.03. The Morgan fingerprint density at radius 1 is 0.545 bits per heavy atom. The fraction of sp³-hybridized carbons (Fsp3) is 0.222. The van der Waals surface area contributed by atoms with Crippen LogP contribution in [0.1, 0.15) is 60.8 Å². The topological polar surface area (TPSA) is 90.7 Å². The molecule has 5 aromatic rings. The Kier molecular flexibility index (Phi) is 9.07. The lowest BCUT2D eigenvalue weighted by molar-refractivity contribution is -0.687. The number of rotatable bonds is 0. The second kappa shape index (κ2) is 13.8. The Labute approximate surface area is 256 Å². The highest BCUT2D eigenvalue weighted by molar-refractivity contribution is 6.00. The van der Waals surface area contributed by atoms with Crippen molar-refractivity contribution in [3.8, 4) is 0 Å². The van der Waals surface area contributed by atoms with Crippen molar-refractivity contribution >= 4 is 45.8 Å². The van der Waals surface area contributed by atoms with Gasteiger partial charge in [0, 0.05) is 68.8 Å². The Morgan fingerprint density at radius 2 is 1.00 bits per heavy atom. The van der Waals surface area contributed by atoms with Gasteiger partial charge in [0.2, 0.25) is 11.8 Å². The van der Waals surface area contributed by atoms with Crippen LogP contribution in [-0.2, 0) is 22.7 Å². The summed E-state index contributed by atoms with van der Waals surface area (Å²) in [6, 6.07) is 25.1. The largest absolute Gasteiger partial charge is 0.273 e. The standard InChI is InChI=1S/C36H34N6O2/c43-35-11-3-1-2-4-12-36(44)40-38-22-30-8-6-10-32-26-42(20-18-34(30)32)24-28-15-13-27(14-16-28)23-41-19-17-33-29(21-37-39-35)7-5-9-31(33)25-41/h5-10,13-22,25-26H,1-4,11-12,23-24H2/p+2/b37-21+,38-22+. The normalized spacial score (nSPS) is 16.7. The van der Waals surface area contributed by atoms with E-state index in [1.807, 2.05) is 24.3 Å². The number of hydrogen-bond donors (Lipinski definition) is 2. The summed E-state index contributed by atoms with van der Waals surface area (Å²) in [6.07, 6.45) is 15.9. The van der Waals surface area contributed by atoms with Crippen molar-refractivity contribution in [3.05, 3.63) is 120 Å². The van der Waals surface area contributed by atoms with Crippen molar-refractivity contribution < 1.29 is 18.7 Å². The van der Waals surface area contributed by atoms with E-state index >= 15 is 0 Å². The molecular weight excluding hydrogens is 548 g/mol. The first-order valence-electron chi connectivity index (χ1n) is 15.2. The summed E-state index contributed by atoms with van der Waals surface area (Å²) < 4.78 is 4.37. The van der Waals surface area contributed by atoms with Crippen LogP contribution in [0.15, 0.2) is 108 Å². The molecule has 0 aliphatic carbocycles. The molecule has 4 aliphatic rings. The van der Waals surface area contributed by atoms with E-state index in [9.17, 15) is 9.59 Å². The molecule has 0 fully saturated rings. The van der Waals surface area contributed by atoms with Gasteiger partial charge in [0.05, 0.1) is 12.4 Å². The SMILES string of the molecule is O=C1CCCCCCC(=O)N/N=C/c2cccc3c[n+](ccc23)Cc2ccc(cc2)C[n+]2ccc3c(cccc3c2)/C=N/N1. The molecule has 0 radical (unpaired) electrons. The molecule has 6 heterocycles. The van der Waals surface area contributed by atoms with Crippen LogP contribution in [0, 0.1) is 0 Å². The lowest BCUT2D eigenvalue weighted by Gasteiger charge is -2.05. The molecule has 4 aliphatic heterocycles. The van der Waals surface area contributed by atoms with Crippen LogP contribution < -0.4 is 20.0 Å². The Balaban J connectivity index is 1.23. The van der Waals surface area contributed by atoms with Gasteiger partial charge in [-0.15, -0.1) is 0 Å². The molecule has 2 aromatic heterocycles. The fourth-order valence-electron chi connectivity index (χ4n) is 5.57. The van der Waals surface area contributed by atoms with Crippen molar-refractivity contribution in [1.29, 1.82) is 0 Å². The van der Waals surface area contributed by atoms with Gasteiger partial charge in [0.15, 0.2) is 37.9 Å². The highest BCUT2D eigenvalue weighted by Crippen LogP contribution is 2.17. The van der Waals surface area contributed by atoms with Crippen molar-refractivity contribution in [3.63, 3.8) is 0 Å². The van der Waals surface area contributed by atoms with Crippen LogP contribution >= 0.6 is 0 Å². The zero-order valence-corrected chi connectivity index (χ0v) is 24.7. The molecule has 0 saturated heterocycles. The Bertz CT molecular complexity index is 1730. The van der Waals surface area contributed by atoms with Crippen LogP contribution in [0.2, 0.25) is 0 Å². The smallest absolute Gasteiger partial charge is 0.240 e. The second-order valence-electron chi connectivity index (χ2n) is 11.3. The fourth-order valence-corrected chi connectivity index (χ4v) is 5.57. The summed E-state index contributed by atoms with van der Waals surface area (Å²) in [6.45, 7) is 1.52. The first-order valence-corrected chi connectivity index (χ1v) is 15.2. The molecule has 2 amide bonds. The summed E-state index contributed by atoms with van der Waals surface area (Å²) in [5.41, 5.74) is 9.64. The number of carbonyl (C=O) groups is 2. The van der Waals surface area contributed by atoms with Crippen LogP contribution in [0.3, 0.4) is 0 Å². The van der Waals surface area contributed by atoms with Crippen molar-refractivity contribution in [2.75, 3.05) is 0 Å². The molecule has 220 valence electrons. The van der Waals surface area contributed by atoms with E-state index in [1.165, 1.54) is 11.1 Å². The number of hydrogen-bond acceptors (Lipinski definition) is 4. The first-order chi connectivity index (χ1) is 21.6. The van der Waals surface area contributed by atoms with E-state index in [4.69, 9.17) is 0 Å². The van der Waals surface area contributed by atoms with E-state index < -0.39 is 0 Å². The van der Waals surface area contributed by atoms with Gasteiger partial charge in [0.25, 0.3) is 0 Å². The predicted molar refractivity (Wildman–Crippen MR) is 172 cm³/mol. The lowest BCUT2D eigenvalue weighted by Crippen LogP contribution is -2.34. The number of pyridine rings is 2. The molecule has 0 unspecified atom stereocenters. The molecule has 0 saturated carbocycles. The summed E-state index contributed by atoms with van der Waals surface area (Å²) in [7, 11) is 0. The molecule has 44 heavy (non-hydrogen) atoms. The number of aromatic nitrogens is 2. The number of hydrazone groups is 2. The van der Waals surface area contributed by atoms with Gasteiger partial charge in [-0.2, -0.15) is 10.2 Å². The number of amides is 2. The van der Waals surface area contributed by atoms with E-state index in [1.54, 1.807) is 12.4 Å². The molecule has 10 bridgehead atoms. The van der Waals surface area contributed by atoms with Gasteiger partial charge >= 0.3 is 0 Å². The third kappa shape index (κ3) is 7.39. The summed E-state index contributed by atoms with van der Waals surface area (Å²) in [5, 5.41) is 12.8. The highest BCUT2D eigenvalue weighted by atomic mass is 16.2. The lowest BCUT2D eigenvalue weighted by atomic mass is 10.1. The van der Waals surface area contributed by atoms with Gasteiger partial charge in [-0.05, 0) is 25.0 Å². The molecule has 0 atom stereocenters. The van der Waals surface area contributed by atoms with Crippen molar-refractivity contribution in [1.82, 2.24) is 10.9 Å². The molecule has 0 spiro atoms.